The second-order valence-electron chi connectivity index (χ2n) is 11.3. The van der Waals surface area contributed by atoms with Gasteiger partial charge >= 0.3 is 5.97 Å². The van der Waals surface area contributed by atoms with E-state index in [0.717, 1.165) is 19.3 Å². The van der Waals surface area contributed by atoms with Crippen molar-refractivity contribution in [2.24, 2.45) is 29.1 Å². The molecule has 0 N–H and O–H groups in total. The number of esters is 1. The van der Waals surface area contributed by atoms with Crippen molar-refractivity contribution in [2.45, 2.75) is 91.5 Å². The molecule has 5 atom stereocenters. The van der Waals surface area contributed by atoms with Crippen molar-refractivity contribution >= 4 is 20.1 Å². The molecule has 29 heavy (non-hydrogen) atoms. The fourth-order valence-electron chi connectivity index (χ4n) is 4.88. The van der Waals surface area contributed by atoms with E-state index in [9.17, 15) is 9.59 Å². The Balaban J connectivity index is 2.03. The molecular weight excluding hydrogens is 380 g/mol. The van der Waals surface area contributed by atoms with Crippen LogP contribution in [0.3, 0.4) is 0 Å². The lowest BCUT2D eigenvalue weighted by molar-refractivity contribution is -0.149. The van der Waals surface area contributed by atoms with Crippen LogP contribution in [0.4, 0.5) is 0 Å². The largest absolute Gasteiger partial charge is 0.462 e. The van der Waals surface area contributed by atoms with Crippen molar-refractivity contribution in [1.82, 2.24) is 0 Å². The van der Waals surface area contributed by atoms with E-state index in [1.165, 1.54) is 6.92 Å². The predicted molar refractivity (Wildman–Crippen MR) is 120 cm³/mol. The summed E-state index contributed by atoms with van der Waals surface area (Å²) in [6, 6.07) is 0. The summed E-state index contributed by atoms with van der Waals surface area (Å²) in [5.74, 6) is 0.719. The molecule has 2 saturated carbocycles. The maximum absolute atomic E-state index is 13.2. The first-order chi connectivity index (χ1) is 13.2. The van der Waals surface area contributed by atoms with Gasteiger partial charge in [-0.25, -0.2) is 0 Å². The number of carbonyl (C=O) groups excluding carboxylic acids is 2. The lowest BCUT2D eigenvalue weighted by Crippen LogP contribution is -2.42. The molecule has 5 heteroatoms. The summed E-state index contributed by atoms with van der Waals surface area (Å²) in [7, 11) is -1.82. The highest BCUT2D eigenvalue weighted by molar-refractivity contribution is 6.74. The highest BCUT2D eigenvalue weighted by Gasteiger charge is 2.60. The first kappa shape index (κ1) is 24.3. The molecule has 4 nitrogen and oxygen atoms in total. The van der Waals surface area contributed by atoms with Gasteiger partial charge in [-0.3, -0.25) is 9.59 Å². The summed E-state index contributed by atoms with van der Waals surface area (Å²) < 4.78 is 12.1. The summed E-state index contributed by atoms with van der Waals surface area (Å²) >= 11 is 0. The smallest absolute Gasteiger partial charge is 0.302 e. The minimum absolute atomic E-state index is 0.0295. The average Bonchev–Trinajstić information content (AvgIpc) is 2.91. The minimum atomic E-state index is -1.82. The van der Waals surface area contributed by atoms with Crippen molar-refractivity contribution in [1.29, 1.82) is 0 Å². The average molecular weight is 423 g/mol. The van der Waals surface area contributed by atoms with E-state index >= 15 is 0 Å². The van der Waals surface area contributed by atoms with Crippen molar-refractivity contribution in [3.63, 3.8) is 0 Å². The fraction of sp³-hybridized carbons (Fsp3) is 0.833. The molecule has 0 aliphatic heterocycles. The number of hydrogen-bond acceptors (Lipinski definition) is 4. The van der Waals surface area contributed by atoms with Crippen molar-refractivity contribution in [2.75, 3.05) is 6.61 Å². The van der Waals surface area contributed by atoms with Crippen LogP contribution < -0.4 is 0 Å². The van der Waals surface area contributed by atoms with Crippen LogP contribution in [0.25, 0.3) is 0 Å². The topological polar surface area (TPSA) is 52.6 Å². The van der Waals surface area contributed by atoms with Crippen LogP contribution in [0, 0.1) is 29.1 Å². The van der Waals surface area contributed by atoms with Gasteiger partial charge in [-0.05, 0) is 48.2 Å². The molecule has 2 aliphatic rings. The molecule has 0 aromatic carbocycles. The van der Waals surface area contributed by atoms with E-state index in [-0.39, 0.29) is 46.1 Å². The molecular formula is C24H42O4Si. The third-order valence-corrected chi connectivity index (χ3v) is 12.4. The van der Waals surface area contributed by atoms with Crippen LogP contribution in [-0.2, 0) is 18.8 Å². The standard InChI is InChI=1S/C24H42O4Si/c1-10-19-22(24(19,6)7)21(28-16(2)25)14-20(26)18-13-11-12-17(18)15-27-29(8,9)23(3,4)5/h10,17-19,21-22H,1,11-15H2,2-9H3/t17-,18+,19-,21-,22-/m0/s1. The SMILES string of the molecule is C=C[C@H]1[C@@H]([C@H](CC(=O)[C@@H]2CCC[C@H]2CO[Si](C)(C)C(C)(C)C)OC(C)=O)C1(C)C. The molecule has 2 fully saturated rings. The Labute approximate surface area is 178 Å². The summed E-state index contributed by atoms with van der Waals surface area (Å²) in [5, 5.41) is 0.169. The quantitative estimate of drug-likeness (QED) is 0.269. The molecule has 0 unspecified atom stereocenters. The van der Waals surface area contributed by atoms with Gasteiger partial charge < -0.3 is 9.16 Å². The molecule has 0 bridgehead atoms. The minimum Gasteiger partial charge on any atom is -0.462 e. The van der Waals surface area contributed by atoms with E-state index in [0.29, 0.717) is 18.9 Å². The van der Waals surface area contributed by atoms with Gasteiger partial charge in [-0.15, -0.1) is 6.58 Å². The summed E-state index contributed by atoms with van der Waals surface area (Å²) in [6.45, 7) is 21.6. The number of carbonyl (C=O) groups is 2. The van der Waals surface area contributed by atoms with Crippen molar-refractivity contribution in [3.8, 4) is 0 Å². The third kappa shape index (κ3) is 5.41. The number of allylic oxidation sites excluding steroid dienone is 1. The van der Waals surface area contributed by atoms with E-state index in [2.05, 4.69) is 54.3 Å². The molecule has 166 valence electrons. The van der Waals surface area contributed by atoms with Gasteiger partial charge in [0.1, 0.15) is 11.9 Å². The summed E-state index contributed by atoms with van der Waals surface area (Å²) in [4.78, 5) is 24.9. The van der Waals surface area contributed by atoms with Crippen LogP contribution in [0.5, 0.6) is 0 Å². The van der Waals surface area contributed by atoms with Crippen LogP contribution >= 0.6 is 0 Å². The van der Waals surface area contributed by atoms with Gasteiger partial charge in [-0.1, -0.05) is 47.1 Å². The zero-order chi connectivity index (χ0) is 22.2. The van der Waals surface area contributed by atoms with Gasteiger partial charge in [0.25, 0.3) is 0 Å². The second kappa shape index (κ2) is 8.66. The van der Waals surface area contributed by atoms with Gasteiger partial charge in [0.15, 0.2) is 8.32 Å². The Hall–Kier alpha value is -0.943. The van der Waals surface area contributed by atoms with Gasteiger partial charge in [0, 0.05) is 31.8 Å². The number of ether oxygens (including phenoxy) is 1. The number of hydrogen-bond donors (Lipinski definition) is 0. The molecule has 0 aromatic rings. The fourth-order valence-corrected chi connectivity index (χ4v) is 5.94. The molecule has 0 saturated heterocycles. The molecule has 0 amide bonds. The molecule has 0 heterocycles. The van der Waals surface area contributed by atoms with Crippen LogP contribution in [0.2, 0.25) is 18.1 Å². The van der Waals surface area contributed by atoms with E-state index < -0.39 is 8.32 Å². The van der Waals surface area contributed by atoms with Gasteiger partial charge in [0.05, 0.1) is 0 Å². The number of Topliss-reactive ketones (excluding diaryl/α,β-unsaturated/α-hetero) is 1. The molecule has 2 aliphatic carbocycles. The number of rotatable bonds is 9. The number of ketones is 1. The van der Waals surface area contributed by atoms with Crippen molar-refractivity contribution in [3.05, 3.63) is 12.7 Å². The van der Waals surface area contributed by atoms with E-state index in [4.69, 9.17) is 9.16 Å². The van der Waals surface area contributed by atoms with Crippen LogP contribution in [0.1, 0.15) is 67.2 Å². The Morgan fingerprint density at radius 3 is 2.34 bits per heavy atom. The highest BCUT2D eigenvalue weighted by Crippen LogP contribution is 2.61. The van der Waals surface area contributed by atoms with Crippen LogP contribution in [0.15, 0.2) is 12.7 Å². The highest BCUT2D eigenvalue weighted by atomic mass is 28.4. The maximum Gasteiger partial charge on any atom is 0.302 e. The van der Waals surface area contributed by atoms with Gasteiger partial charge in [-0.2, -0.15) is 0 Å². The normalized spacial score (nSPS) is 29.9. The van der Waals surface area contributed by atoms with E-state index in [1.807, 2.05) is 6.08 Å². The van der Waals surface area contributed by atoms with Crippen molar-refractivity contribution < 1.29 is 18.8 Å². The first-order valence-electron chi connectivity index (χ1n) is 11.2. The predicted octanol–water partition coefficient (Wildman–Crippen LogP) is 5.77. The second-order valence-corrected chi connectivity index (χ2v) is 16.1. The zero-order valence-electron chi connectivity index (χ0n) is 19.8. The lowest BCUT2D eigenvalue weighted by Gasteiger charge is -2.37. The van der Waals surface area contributed by atoms with E-state index in [1.54, 1.807) is 0 Å². The summed E-state index contributed by atoms with van der Waals surface area (Å²) in [6.07, 6.45) is 4.96. The molecule has 0 radical (unpaired) electrons. The summed E-state index contributed by atoms with van der Waals surface area (Å²) in [5.41, 5.74) is 0.0304. The third-order valence-electron chi connectivity index (χ3n) is 7.91. The molecule has 0 aromatic heterocycles. The Kier molecular flexibility index (Phi) is 7.26. The van der Waals surface area contributed by atoms with Crippen LogP contribution in [-0.4, -0.2) is 32.8 Å². The lowest BCUT2D eigenvalue weighted by atomic mass is 9.88. The Morgan fingerprint density at radius 2 is 1.86 bits per heavy atom. The Bertz CT molecular complexity index is 631. The molecule has 0 spiro atoms. The maximum atomic E-state index is 13.2. The first-order valence-corrected chi connectivity index (χ1v) is 14.1. The zero-order valence-corrected chi connectivity index (χ0v) is 20.8. The molecule has 2 rings (SSSR count). The Morgan fingerprint density at radius 1 is 1.24 bits per heavy atom. The monoisotopic (exact) mass is 422 g/mol. The van der Waals surface area contributed by atoms with Gasteiger partial charge in [0.2, 0.25) is 0 Å².